The molecule has 0 aliphatic carbocycles. The van der Waals surface area contributed by atoms with Gasteiger partial charge in [-0.25, -0.2) is 0 Å². The Labute approximate surface area is 199 Å². The number of para-hydroxylation sites is 2. The van der Waals surface area contributed by atoms with Crippen LogP contribution in [0.2, 0.25) is 0 Å². The Morgan fingerprint density at radius 1 is 0.971 bits per heavy atom. The minimum Gasteiger partial charge on any atom is -0.493 e. The predicted octanol–water partition coefficient (Wildman–Crippen LogP) is 3.94. The molecule has 0 radical (unpaired) electrons. The number of amides is 2. The smallest absolute Gasteiger partial charge is 0.265 e. The van der Waals surface area contributed by atoms with E-state index in [0.717, 1.165) is 16.8 Å². The van der Waals surface area contributed by atoms with Crippen LogP contribution in [0.3, 0.4) is 0 Å². The number of fused-ring (bicyclic) bond motifs is 1. The summed E-state index contributed by atoms with van der Waals surface area (Å²) in [6, 6.07) is 20.6. The lowest BCUT2D eigenvalue weighted by atomic mass is 10.1. The molecule has 7 heteroatoms. The molecule has 0 aromatic heterocycles. The largest absolute Gasteiger partial charge is 0.493 e. The first-order valence-corrected chi connectivity index (χ1v) is 11.1. The number of likely N-dealkylation sites (N-methyl/N-ethyl adjacent to an activating group) is 1. The Hall–Kier alpha value is -4.00. The first-order chi connectivity index (χ1) is 16.5. The number of rotatable bonds is 8. The molecule has 0 atom stereocenters. The fraction of sp³-hybridized carbons (Fsp3) is 0.259. The molecule has 176 valence electrons. The monoisotopic (exact) mass is 460 g/mol. The number of benzene rings is 3. The number of ether oxygens (including phenoxy) is 3. The minimum absolute atomic E-state index is 0.00845. The topological polar surface area (TPSA) is 68.3 Å². The molecule has 0 N–H and O–H groups in total. The number of carbonyl (C=O) groups is 2. The van der Waals surface area contributed by atoms with E-state index in [4.69, 9.17) is 14.2 Å². The number of hydrogen-bond acceptors (Lipinski definition) is 5. The highest BCUT2D eigenvalue weighted by molar-refractivity contribution is 5.98. The fourth-order valence-corrected chi connectivity index (χ4v) is 3.97. The Morgan fingerprint density at radius 2 is 1.76 bits per heavy atom. The van der Waals surface area contributed by atoms with Crippen molar-refractivity contribution < 1.29 is 23.8 Å². The lowest BCUT2D eigenvalue weighted by molar-refractivity contribution is -0.121. The van der Waals surface area contributed by atoms with E-state index in [2.05, 4.69) is 0 Å². The van der Waals surface area contributed by atoms with Crippen LogP contribution in [0.15, 0.2) is 66.7 Å². The van der Waals surface area contributed by atoms with Crippen molar-refractivity contribution in [2.24, 2.45) is 0 Å². The number of methoxy groups -OCH3 is 2. The highest BCUT2D eigenvalue weighted by atomic mass is 16.5. The maximum absolute atomic E-state index is 13.1. The third kappa shape index (κ3) is 4.98. The molecule has 2 amide bonds. The summed E-state index contributed by atoms with van der Waals surface area (Å²) in [7, 11) is 5.00. The molecule has 0 bridgehead atoms. The van der Waals surface area contributed by atoms with Gasteiger partial charge in [-0.2, -0.15) is 0 Å². The van der Waals surface area contributed by atoms with Gasteiger partial charge in [-0.3, -0.25) is 9.59 Å². The highest BCUT2D eigenvalue weighted by Gasteiger charge is 2.25. The summed E-state index contributed by atoms with van der Waals surface area (Å²) in [6.45, 7) is 0.929. The molecule has 1 aliphatic rings. The van der Waals surface area contributed by atoms with Crippen LogP contribution >= 0.6 is 0 Å². The van der Waals surface area contributed by atoms with Gasteiger partial charge in [0.25, 0.3) is 11.8 Å². The van der Waals surface area contributed by atoms with Crippen LogP contribution in [0.4, 0.5) is 5.69 Å². The number of anilines is 1. The summed E-state index contributed by atoms with van der Waals surface area (Å²) in [5, 5.41) is 0. The van der Waals surface area contributed by atoms with Crippen molar-refractivity contribution in [1.82, 2.24) is 4.90 Å². The zero-order chi connectivity index (χ0) is 24.1. The Kier molecular flexibility index (Phi) is 7.01. The summed E-state index contributed by atoms with van der Waals surface area (Å²) in [5.74, 6) is 1.84. The molecule has 7 nitrogen and oxygen atoms in total. The summed E-state index contributed by atoms with van der Waals surface area (Å²) in [6.07, 6.45) is 0.682. The van der Waals surface area contributed by atoms with Gasteiger partial charge in [0.05, 0.1) is 26.5 Å². The van der Waals surface area contributed by atoms with E-state index in [9.17, 15) is 9.59 Å². The van der Waals surface area contributed by atoms with Gasteiger partial charge in [-0.15, -0.1) is 0 Å². The zero-order valence-electron chi connectivity index (χ0n) is 19.6. The van der Waals surface area contributed by atoms with Gasteiger partial charge < -0.3 is 24.0 Å². The molecule has 1 heterocycles. The van der Waals surface area contributed by atoms with Crippen LogP contribution in [-0.2, 0) is 17.8 Å². The van der Waals surface area contributed by atoms with E-state index in [0.29, 0.717) is 42.3 Å². The Morgan fingerprint density at radius 3 is 2.56 bits per heavy atom. The lowest BCUT2D eigenvalue weighted by Gasteiger charge is -2.29. The minimum atomic E-state index is -0.109. The third-order valence-electron chi connectivity index (χ3n) is 5.85. The molecule has 0 spiro atoms. The van der Waals surface area contributed by atoms with E-state index >= 15 is 0 Å². The summed E-state index contributed by atoms with van der Waals surface area (Å²) < 4.78 is 16.2. The van der Waals surface area contributed by atoms with Crippen molar-refractivity contribution in [3.05, 3.63) is 83.4 Å². The van der Waals surface area contributed by atoms with Gasteiger partial charge in [0.15, 0.2) is 18.1 Å². The Balaban J connectivity index is 1.43. The van der Waals surface area contributed by atoms with Crippen LogP contribution in [-0.4, -0.2) is 51.1 Å². The number of hydrogen-bond donors (Lipinski definition) is 0. The average molecular weight is 461 g/mol. The molecule has 0 unspecified atom stereocenters. The maximum Gasteiger partial charge on any atom is 0.265 e. The third-order valence-corrected chi connectivity index (χ3v) is 5.85. The van der Waals surface area contributed by atoms with E-state index < -0.39 is 0 Å². The quantitative estimate of drug-likeness (QED) is 0.509. The predicted molar refractivity (Wildman–Crippen MR) is 130 cm³/mol. The molecule has 1 aliphatic heterocycles. The van der Waals surface area contributed by atoms with Gasteiger partial charge in [0.1, 0.15) is 5.75 Å². The van der Waals surface area contributed by atoms with Crippen LogP contribution in [0.1, 0.15) is 21.5 Å². The molecule has 34 heavy (non-hydrogen) atoms. The van der Waals surface area contributed by atoms with Gasteiger partial charge in [0, 0.05) is 19.2 Å². The van der Waals surface area contributed by atoms with Crippen molar-refractivity contribution in [1.29, 1.82) is 0 Å². The van der Waals surface area contributed by atoms with Gasteiger partial charge >= 0.3 is 0 Å². The summed E-state index contributed by atoms with van der Waals surface area (Å²) in [5.41, 5.74) is 3.25. The molecule has 3 aromatic rings. The molecular formula is C27H28N2O5. The van der Waals surface area contributed by atoms with Crippen molar-refractivity contribution in [3.63, 3.8) is 0 Å². The molecule has 0 saturated carbocycles. The fourth-order valence-electron chi connectivity index (χ4n) is 3.97. The zero-order valence-corrected chi connectivity index (χ0v) is 19.6. The Bertz CT molecular complexity index is 1190. The second-order valence-electron chi connectivity index (χ2n) is 8.10. The van der Waals surface area contributed by atoms with Gasteiger partial charge in [-0.05, 0) is 53.9 Å². The van der Waals surface area contributed by atoms with Crippen LogP contribution in [0.5, 0.6) is 17.2 Å². The van der Waals surface area contributed by atoms with Crippen LogP contribution in [0.25, 0.3) is 0 Å². The standard InChI is InChI=1S/C27H28N2O5/c1-28(14-13-19-11-12-24(32-2)25(16-19)33-3)27(31)21-8-6-7-20(15-21)17-29-22-9-4-5-10-23(22)34-18-26(29)30/h4-12,15-16H,13-14,17-18H2,1-3H3. The van der Waals surface area contributed by atoms with E-state index in [1.54, 1.807) is 37.1 Å². The summed E-state index contributed by atoms with van der Waals surface area (Å²) in [4.78, 5) is 29.0. The number of nitrogens with zero attached hydrogens (tertiary/aromatic N) is 2. The molecule has 0 fully saturated rings. The molecule has 3 aromatic carbocycles. The first kappa shape index (κ1) is 23.2. The van der Waals surface area contributed by atoms with Gasteiger partial charge in [-0.1, -0.05) is 30.3 Å². The van der Waals surface area contributed by atoms with Crippen LogP contribution in [0, 0.1) is 0 Å². The van der Waals surface area contributed by atoms with E-state index in [1.165, 1.54) is 0 Å². The van der Waals surface area contributed by atoms with Gasteiger partial charge in [0.2, 0.25) is 0 Å². The summed E-state index contributed by atoms with van der Waals surface area (Å²) >= 11 is 0. The maximum atomic E-state index is 13.1. The van der Waals surface area contributed by atoms with E-state index in [-0.39, 0.29) is 18.4 Å². The van der Waals surface area contributed by atoms with Crippen molar-refractivity contribution >= 4 is 17.5 Å². The average Bonchev–Trinajstić information content (AvgIpc) is 2.88. The molecule has 0 saturated heterocycles. The van der Waals surface area contributed by atoms with E-state index in [1.807, 2.05) is 60.7 Å². The normalized spacial score (nSPS) is 12.6. The SMILES string of the molecule is COc1ccc(CCN(C)C(=O)c2cccc(CN3C(=O)COc4ccccc43)c2)cc1OC. The molecule has 4 rings (SSSR count). The first-order valence-electron chi connectivity index (χ1n) is 11.1. The molecular weight excluding hydrogens is 432 g/mol. The van der Waals surface area contributed by atoms with Crippen molar-refractivity contribution in [3.8, 4) is 17.2 Å². The van der Waals surface area contributed by atoms with Crippen molar-refractivity contribution in [2.45, 2.75) is 13.0 Å². The number of carbonyl (C=O) groups excluding carboxylic acids is 2. The van der Waals surface area contributed by atoms with Crippen molar-refractivity contribution in [2.75, 3.05) is 39.3 Å². The lowest BCUT2D eigenvalue weighted by Crippen LogP contribution is -2.38. The van der Waals surface area contributed by atoms with Crippen LogP contribution < -0.4 is 19.1 Å². The highest BCUT2D eigenvalue weighted by Crippen LogP contribution is 2.32. The second-order valence-corrected chi connectivity index (χ2v) is 8.10. The second kappa shape index (κ2) is 10.3.